The van der Waals surface area contributed by atoms with Crippen molar-refractivity contribution in [3.63, 3.8) is 0 Å². The predicted molar refractivity (Wildman–Crippen MR) is 83.8 cm³/mol. The van der Waals surface area contributed by atoms with Gasteiger partial charge in [0.1, 0.15) is 12.4 Å². The van der Waals surface area contributed by atoms with Crippen molar-refractivity contribution in [2.45, 2.75) is 6.61 Å². The van der Waals surface area contributed by atoms with Crippen LogP contribution in [0.1, 0.15) is 11.1 Å². The van der Waals surface area contributed by atoms with Gasteiger partial charge in [-0.1, -0.05) is 42.5 Å². The van der Waals surface area contributed by atoms with Crippen LogP contribution in [0.3, 0.4) is 0 Å². The largest absolute Gasteiger partial charge is 0.487 e. The van der Waals surface area contributed by atoms with Crippen LogP contribution in [0, 0.1) is 11.3 Å². The van der Waals surface area contributed by atoms with E-state index in [1.165, 1.54) is 10.8 Å². The summed E-state index contributed by atoms with van der Waals surface area (Å²) in [5.74, 6) is 0.599. The van der Waals surface area contributed by atoms with Crippen molar-refractivity contribution >= 4 is 16.5 Å². The van der Waals surface area contributed by atoms with Crippen LogP contribution in [0.4, 0.5) is 5.69 Å². The third-order valence-corrected chi connectivity index (χ3v) is 3.40. The van der Waals surface area contributed by atoms with Crippen molar-refractivity contribution in [2.24, 2.45) is 0 Å². The van der Waals surface area contributed by atoms with E-state index in [1.54, 1.807) is 18.2 Å². The smallest absolute Gasteiger partial charge is 0.142 e. The molecule has 0 saturated heterocycles. The molecule has 3 aromatic carbocycles. The Morgan fingerprint density at radius 3 is 2.62 bits per heavy atom. The average molecular weight is 274 g/mol. The van der Waals surface area contributed by atoms with Crippen LogP contribution in [-0.4, -0.2) is 0 Å². The number of nitriles is 1. The van der Waals surface area contributed by atoms with Gasteiger partial charge in [0.25, 0.3) is 0 Å². The van der Waals surface area contributed by atoms with E-state index in [0.717, 1.165) is 5.56 Å². The Hall–Kier alpha value is -2.99. The number of hydrogen-bond acceptors (Lipinski definition) is 3. The van der Waals surface area contributed by atoms with Crippen LogP contribution < -0.4 is 10.5 Å². The molecular weight excluding hydrogens is 260 g/mol. The molecule has 3 nitrogen and oxygen atoms in total. The molecule has 0 heterocycles. The Kier molecular flexibility index (Phi) is 3.44. The zero-order chi connectivity index (χ0) is 14.7. The summed E-state index contributed by atoms with van der Waals surface area (Å²) < 4.78 is 5.80. The monoisotopic (exact) mass is 274 g/mol. The third-order valence-electron chi connectivity index (χ3n) is 3.40. The lowest BCUT2D eigenvalue weighted by Crippen LogP contribution is -1.99. The average Bonchev–Trinajstić information content (AvgIpc) is 2.53. The zero-order valence-electron chi connectivity index (χ0n) is 11.4. The Balaban J connectivity index is 1.86. The summed E-state index contributed by atoms with van der Waals surface area (Å²) in [6, 6.07) is 21.5. The van der Waals surface area contributed by atoms with Gasteiger partial charge >= 0.3 is 0 Å². The van der Waals surface area contributed by atoms with Crippen molar-refractivity contribution < 1.29 is 4.74 Å². The molecule has 0 spiro atoms. The van der Waals surface area contributed by atoms with Crippen molar-refractivity contribution in [1.82, 2.24) is 0 Å². The third kappa shape index (κ3) is 2.65. The summed E-state index contributed by atoms with van der Waals surface area (Å²) >= 11 is 0. The number of nitrogens with two attached hydrogens (primary N) is 1. The van der Waals surface area contributed by atoms with Crippen LogP contribution in [-0.2, 0) is 6.61 Å². The van der Waals surface area contributed by atoms with Crippen LogP contribution in [0.15, 0.2) is 60.7 Å². The molecule has 21 heavy (non-hydrogen) atoms. The molecule has 0 aliphatic carbocycles. The van der Waals surface area contributed by atoms with Crippen LogP contribution >= 0.6 is 0 Å². The number of anilines is 1. The minimum atomic E-state index is 0.442. The molecule has 3 rings (SSSR count). The molecule has 0 aliphatic heterocycles. The molecule has 0 saturated carbocycles. The number of rotatable bonds is 3. The minimum Gasteiger partial charge on any atom is -0.487 e. The quantitative estimate of drug-likeness (QED) is 0.737. The van der Waals surface area contributed by atoms with Gasteiger partial charge in [0.15, 0.2) is 0 Å². The van der Waals surface area contributed by atoms with Crippen molar-refractivity contribution in [3.05, 3.63) is 71.8 Å². The van der Waals surface area contributed by atoms with E-state index in [-0.39, 0.29) is 0 Å². The molecule has 102 valence electrons. The van der Waals surface area contributed by atoms with Gasteiger partial charge in [-0.05, 0) is 34.5 Å². The molecule has 0 atom stereocenters. The van der Waals surface area contributed by atoms with Crippen molar-refractivity contribution in [1.29, 1.82) is 5.26 Å². The van der Waals surface area contributed by atoms with E-state index in [1.807, 2.05) is 24.3 Å². The summed E-state index contributed by atoms with van der Waals surface area (Å²) in [4.78, 5) is 0. The maximum atomic E-state index is 8.83. The number of ether oxygens (including phenoxy) is 1. The Bertz CT molecular complexity index is 829. The number of nitrogen functional groups attached to an aromatic ring is 1. The molecule has 0 fully saturated rings. The van der Waals surface area contributed by atoms with E-state index >= 15 is 0 Å². The van der Waals surface area contributed by atoms with Crippen molar-refractivity contribution in [2.75, 3.05) is 5.73 Å². The van der Waals surface area contributed by atoms with Gasteiger partial charge < -0.3 is 10.5 Å². The molecule has 3 aromatic rings. The number of hydrogen-bond donors (Lipinski definition) is 1. The van der Waals surface area contributed by atoms with Gasteiger partial charge in [-0.3, -0.25) is 0 Å². The second-order valence-corrected chi connectivity index (χ2v) is 4.79. The molecule has 0 aromatic heterocycles. The van der Waals surface area contributed by atoms with E-state index in [2.05, 4.69) is 24.3 Å². The molecule has 0 radical (unpaired) electrons. The summed E-state index contributed by atoms with van der Waals surface area (Å²) in [6.07, 6.45) is 0. The zero-order valence-corrected chi connectivity index (χ0v) is 11.4. The highest BCUT2D eigenvalue weighted by atomic mass is 16.5. The number of benzene rings is 3. The predicted octanol–water partition coefficient (Wildman–Crippen LogP) is 3.87. The van der Waals surface area contributed by atoms with Gasteiger partial charge in [0.2, 0.25) is 0 Å². The SMILES string of the molecule is N#Cc1ccc(OCc2cccc3ccccc23)c(N)c1. The molecule has 2 N–H and O–H groups in total. The second kappa shape index (κ2) is 5.56. The van der Waals surface area contributed by atoms with Crippen molar-refractivity contribution in [3.8, 4) is 11.8 Å². The summed E-state index contributed by atoms with van der Waals surface area (Å²) in [7, 11) is 0. The van der Waals surface area contributed by atoms with Crippen LogP contribution in [0.25, 0.3) is 10.8 Å². The van der Waals surface area contributed by atoms with Crippen LogP contribution in [0.2, 0.25) is 0 Å². The molecular formula is C18H14N2O. The lowest BCUT2D eigenvalue weighted by molar-refractivity contribution is 0.309. The fourth-order valence-corrected chi connectivity index (χ4v) is 2.32. The van der Waals surface area contributed by atoms with Gasteiger partial charge in [0, 0.05) is 0 Å². The second-order valence-electron chi connectivity index (χ2n) is 4.79. The standard InChI is InChI=1S/C18H14N2O/c19-11-13-8-9-18(17(20)10-13)21-12-15-6-3-5-14-4-1-2-7-16(14)15/h1-10H,12,20H2. The summed E-state index contributed by atoms with van der Waals surface area (Å²) in [5, 5.41) is 11.2. The topological polar surface area (TPSA) is 59.0 Å². The highest BCUT2D eigenvalue weighted by Gasteiger charge is 2.05. The molecule has 0 bridgehead atoms. The molecule has 0 unspecified atom stereocenters. The van der Waals surface area contributed by atoms with E-state index in [4.69, 9.17) is 15.7 Å². The lowest BCUT2D eigenvalue weighted by Gasteiger charge is -2.11. The molecule has 3 heteroatoms. The Morgan fingerprint density at radius 2 is 1.81 bits per heavy atom. The maximum absolute atomic E-state index is 8.83. The first kappa shape index (κ1) is 13.0. The van der Waals surface area contributed by atoms with E-state index in [9.17, 15) is 0 Å². The highest BCUT2D eigenvalue weighted by molar-refractivity contribution is 5.85. The number of nitrogens with zero attached hydrogens (tertiary/aromatic N) is 1. The van der Waals surface area contributed by atoms with Gasteiger partial charge in [-0.2, -0.15) is 5.26 Å². The van der Waals surface area contributed by atoms with E-state index in [0.29, 0.717) is 23.6 Å². The van der Waals surface area contributed by atoms with Gasteiger partial charge in [0.05, 0.1) is 17.3 Å². The molecule has 0 aliphatic rings. The van der Waals surface area contributed by atoms with Crippen LogP contribution in [0.5, 0.6) is 5.75 Å². The fraction of sp³-hybridized carbons (Fsp3) is 0.0556. The lowest BCUT2D eigenvalue weighted by atomic mass is 10.1. The fourth-order valence-electron chi connectivity index (χ4n) is 2.32. The van der Waals surface area contributed by atoms with Gasteiger partial charge in [-0.25, -0.2) is 0 Å². The number of fused-ring (bicyclic) bond motifs is 1. The minimum absolute atomic E-state index is 0.442. The van der Waals surface area contributed by atoms with E-state index < -0.39 is 0 Å². The van der Waals surface area contributed by atoms with Gasteiger partial charge in [-0.15, -0.1) is 0 Å². The first-order chi connectivity index (χ1) is 10.3. The normalized spacial score (nSPS) is 10.2. The summed E-state index contributed by atoms with van der Waals surface area (Å²) in [5.41, 5.74) is 8.02. The summed E-state index contributed by atoms with van der Waals surface area (Å²) in [6.45, 7) is 0.442. The maximum Gasteiger partial charge on any atom is 0.142 e. The molecule has 0 amide bonds. The Labute approximate surface area is 123 Å². The Morgan fingerprint density at radius 1 is 1.00 bits per heavy atom. The first-order valence-electron chi connectivity index (χ1n) is 6.67. The highest BCUT2D eigenvalue weighted by Crippen LogP contribution is 2.25. The first-order valence-corrected chi connectivity index (χ1v) is 6.67.